The highest BCUT2D eigenvalue weighted by Crippen LogP contribution is 2.30. The zero-order chi connectivity index (χ0) is 16.6. The summed E-state index contributed by atoms with van der Waals surface area (Å²) < 4.78 is 0.789. The van der Waals surface area contributed by atoms with Crippen molar-refractivity contribution in [3.8, 4) is 0 Å². The van der Waals surface area contributed by atoms with E-state index in [2.05, 4.69) is 21.2 Å². The van der Waals surface area contributed by atoms with Gasteiger partial charge in [-0.05, 0) is 48.4 Å². The molecule has 6 heteroatoms. The number of nitrogens with zero attached hydrogens (tertiary/aromatic N) is 1. The Balaban J connectivity index is 1.85. The molecule has 1 N–H and O–H groups in total. The van der Waals surface area contributed by atoms with Gasteiger partial charge in [-0.2, -0.15) is 0 Å². The molecule has 0 aliphatic carbocycles. The summed E-state index contributed by atoms with van der Waals surface area (Å²) in [6.45, 7) is 0. The maximum Gasteiger partial charge on any atom is 0.257 e. The molecule has 0 spiro atoms. The number of hydrogen-bond acceptors (Lipinski definition) is 2. The quantitative estimate of drug-likeness (QED) is 0.828. The van der Waals surface area contributed by atoms with E-state index in [0.29, 0.717) is 29.1 Å². The third-order valence-electron chi connectivity index (χ3n) is 3.85. The molecule has 23 heavy (non-hydrogen) atoms. The van der Waals surface area contributed by atoms with Crippen molar-refractivity contribution < 1.29 is 9.59 Å². The highest BCUT2D eigenvalue weighted by Gasteiger charge is 2.21. The number of anilines is 2. The Morgan fingerprint density at radius 2 is 2.00 bits per heavy atom. The number of halogens is 2. The van der Waals surface area contributed by atoms with E-state index < -0.39 is 0 Å². The zero-order valence-corrected chi connectivity index (χ0v) is 14.7. The molecule has 0 aromatic heterocycles. The molecular formula is C17H14BrClN2O2. The van der Waals surface area contributed by atoms with Crippen LogP contribution in [0.3, 0.4) is 0 Å². The van der Waals surface area contributed by atoms with Crippen LogP contribution >= 0.6 is 27.5 Å². The molecule has 1 aliphatic heterocycles. The van der Waals surface area contributed by atoms with E-state index in [1.54, 1.807) is 36.2 Å². The lowest BCUT2D eigenvalue weighted by Crippen LogP contribution is -2.31. The molecule has 0 unspecified atom stereocenters. The fraction of sp³-hybridized carbons (Fsp3) is 0.176. The highest BCUT2D eigenvalue weighted by atomic mass is 79.9. The van der Waals surface area contributed by atoms with Crippen LogP contribution in [-0.4, -0.2) is 18.9 Å². The minimum Gasteiger partial charge on any atom is -0.322 e. The van der Waals surface area contributed by atoms with Crippen molar-refractivity contribution in [2.45, 2.75) is 12.8 Å². The molecule has 1 aliphatic rings. The normalized spacial score (nSPS) is 13.7. The summed E-state index contributed by atoms with van der Waals surface area (Å²) in [5, 5.41) is 3.25. The number of amides is 2. The summed E-state index contributed by atoms with van der Waals surface area (Å²) >= 11 is 9.42. The van der Waals surface area contributed by atoms with Crippen LogP contribution in [0, 0.1) is 0 Å². The van der Waals surface area contributed by atoms with Crippen LogP contribution in [0.2, 0.25) is 5.02 Å². The molecule has 2 aromatic rings. The van der Waals surface area contributed by atoms with Crippen LogP contribution in [-0.2, 0) is 11.2 Å². The standard InChI is InChI=1S/C17H14BrClN2O2/c1-21-15-6-4-12(8-10(15)2-7-16(21)22)20-17(23)13-9-11(18)3-5-14(13)19/h3-6,8-9H,2,7H2,1H3,(H,20,23). The molecule has 2 aromatic carbocycles. The molecule has 0 bridgehead atoms. The van der Waals surface area contributed by atoms with Crippen molar-refractivity contribution in [1.29, 1.82) is 0 Å². The average Bonchev–Trinajstić information content (AvgIpc) is 2.53. The van der Waals surface area contributed by atoms with Crippen LogP contribution in [0.1, 0.15) is 22.3 Å². The summed E-state index contributed by atoms with van der Waals surface area (Å²) in [6.07, 6.45) is 1.16. The van der Waals surface area contributed by atoms with E-state index in [-0.39, 0.29) is 11.8 Å². The molecule has 1 heterocycles. The zero-order valence-electron chi connectivity index (χ0n) is 12.4. The monoisotopic (exact) mass is 392 g/mol. The maximum absolute atomic E-state index is 12.4. The van der Waals surface area contributed by atoms with Crippen LogP contribution < -0.4 is 10.2 Å². The Labute approximate surface area is 147 Å². The van der Waals surface area contributed by atoms with E-state index in [1.807, 2.05) is 12.1 Å². The molecule has 0 radical (unpaired) electrons. The second kappa shape index (κ2) is 6.34. The van der Waals surface area contributed by atoms with E-state index >= 15 is 0 Å². The van der Waals surface area contributed by atoms with Gasteiger partial charge in [0.1, 0.15) is 0 Å². The fourth-order valence-corrected chi connectivity index (χ4v) is 3.17. The number of rotatable bonds is 2. The van der Waals surface area contributed by atoms with Gasteiger partial charge in [0.25, 0.3) is 5.91 Å². The van der Waals surface area contributed by atoms with Gasteiger partial charge >= 0.3 is 0 Å². The predicted octanol–water partition coefficient (Wildman–Crippen LogP) is 4.26. The van der Waals surface area contributed by atoms with Crippen molar-refractivity contribution >= 4 is 50.7 Å². The van der Waals surface area contributed by atoms with E-state index in [0.717, 1.165) is 15.7 Å². The SMILES string of the molecule is CN1C(=O)CCc2cc(NC(=O)c3cc(Br)ccc3Cl)ccc21. The summed E-state index contributed by atoms with van der Waals surface area (Å²) in [5.74, 6) is -0.160. The van der Waals surface area contributed by atoms with E-state index in [9.17, 15) is 9.59 Å². The molecule has 118 valence electrons. The van der Waals surface area contributed by atoms with Gasteiger partial charge in [-0.25, -0.2) is 0 Å². The second-order valence-electron chi connectivity index (χ2n) is 5.37. The van der Waals surface area contributed by atoms with Gasteiger partial charge in [-0.15, -0.1) is 0 Å². The number of hydrogen-bond donors (Lipinski definition) is 1. The predicted molar refractivity (Wildman–Crippen MR) is 95.3 cm³/mol. The Hall–Kier alpha value is -1.85. The molecular weight excluding hydrogens is 380 g/mol. The van der Waals surface area contributed by atoms with E-state index in [4.69, 9.17) is 11.6 Å². The van der Waals surface area contributed by atoms with Crippen molar-refractivity contribution in [1.82, 2.24) is 0 Å². The van der Waals surface area contributed by atoms with Crippen molar-refractivity contribution in [2.75, 3.05) is 17.3 Å². The van der Waals surface area contributed by atoms with Crippen molar-refractivity contribution in [3.05, 3.63) is 57.0 Å². The molecule has 2 amide bonds. The minimum absolute atomic E-state index is 0.107. The van der Waals surface area contributed by atoms with Gasteiger partial charge in [0, 0.05) is 29.3 Å². The Kier molecular flexibility index (Phi) is 4.41. The van der Waals surface area contributed by atoms with Gasteiger partial charge in [-0.1, -0.05) is 27.5 Å². The lowest BCUT2D eigenvalue weighted by atomic mass is 10.0. The first-order valence-electron chi connectivity index (χ1n) is 7.11. The number of carbonyl (C=O) groups is 2. The number of fused-ring (bicyclic) bond motifs is 1. The fourth-order valence-electron chi connectivity index (χ4n) is 2.60. The summed E-state index contributed by atoms with van der Waals surface area (Å²) in [5.41, 5.74) is 3.03. The van der Waals surface area contributed by atoms with Crippen molar-refractivity contribution in [2.24, 2.45) is 0 Å². The van der Waals surface area contributed by atoms with Crippen molar-refractivity contribution in [3.63, 3.8) is 0 Å². The molecule has 0 saturated heterocycles. The third-order valence-corrected chi connectivity index (χ3v) is 4.68. The second-order valence-corrected chi connectivity index (χ2v) is 6.70. The Morgan fingerprint density at radius 3 is 2.78 bits per heavy atom. The first kappa shape index (κ1) is 16.0. The summed E-state index contributed by atoms with van der Waals surface area (Å²) in [7, 11) is 1.76. The average molecular weight is 394 g/mol. The van der Waals surface area contributed by atoms with Gasteiger partial charge in [-0.3, -0.25) is 9.59 Å². The Bertz CT molecular complexity index is 807. The molecule has 0 fully saturated rings. The first-order valence-corrected chi connectivity index (χ1v) is 8.28. The van der Waals surface area contributed by atoms with Gasteiger partial charge < -0.3 is 10.2 Å². The molecule has 4 nitrogen and oxygen atoms in total. The summed E-state index contributed by atoms with van der Waals surface area (Å²) in [6, 6.07) is 10.7. The van der Waals surface area contributed by atoms with Gasteiger partial charge in [0.05, 0.1) is 10.6 Å². The number of aryl methyl sites for hydroxylation is 1. The number of carbonyl (C=O) groups excluding carboxylic acids is 2. The lowest BCUT2D eigenvalue weighted by molar-refractivity contribution is -0.118. The first-order chi connectivity index (χ1) is 11.0. The van der Waals surface area contributed by atoms with Gasteiger partial charge in [0.2, 0.25) is 5.91 Å². The molecule has 3 rings (SSSR count). The number of nitrogens with one attached hydrogen (secondary N) is 1. The molecule has 0 atom stereocenters. The highest BCUT2D eigenvalue weighted by molar-refractivity contribution is 9.10. The smallest absolute Gasteiger partial charge is 0.257 e. The Morgan fingerprint density at radius 1 is 1.22 bits per heavy atom. The van der Waals surface area contributed by atoms with Crippen LogP contribution in [0.25, 0.3) is 0 Å². The van der Waals surface area contributed by atoms with E-state index in [1.165, 1.54) is 0 Å². The molecule has 0 saturated carbocycles. The van der Waals surface area contributed by atoms with Gasteiger partial charge in [0.15, 0.2) is 0 Å². The number of benzene rings is 2. The largest absolute Gasteiger partial charge is 0.322 e. The van der Waals surface area contributed by atoms with Crippen LogP contribution in [0.4, 0.5) is 11.4 Å². The van der Waals surface area contributed by atoms with Crippen LogP contribution in [0.15, 0.2) is 40.9 Å². The minimum atomic E-state index is -0.267. The van der Waals surface area contributed by atoms with Crippen LogP contribution in [0.5, 0.6) is 0 Å². The lowest BCUT2D eigenvalue weighted by Gasteiger charge is -2.26. The maximum atomic E-state index is 12.4. The summed E-state index contributed by atoms with van der Waals surface area (Å²) in [4.78, 5) is 25.8. The third kappa shape index (κ3) is 3.26. The topological polar surface area (TPSA) is 49.4 Å².